The van der Waals surface area contributed by atoms with Crippen LogP contribution in [0.3, 0.4) is 0 Å². The Balaban J connectivity index is 0.938. The predicted octanol–water partition coefficient (Wildman–Crippen LogP) is 28.5. The molecule has 6 nitrogen and oxygen atoms in total. The van der Waals surface area contributed by atoms with Crippen LogP contribution in [0.15, 0.2) is 347 Å². The van der Waals surface area contributed by atoms with Gasteiger partial charge in [0.05, 0.1) is 42.8 Å². The molecule has 0 bridgehead atoms. The molecular formula is C108H82BN3O3. The van der Waals surface area contributed by atoms with E-state index in [2.05, 4.69) is 303 Å². The summed E-state index contributed by atoms with van der Waals surface area (Å²) in [6.45, 7) is 19.8. The van der Waals surface area contributed by atoms with Gasteiger partial charge in [0.25, 0.3) is 6.71 Å². The van der Waals surface area contributed by atoms with Crippen LogP contribution in [0.25, 0.3) is 160 Å². The molecule has 22 rings (SSSR count). The van der Waals surface area contributed by atoms with Crippen LogP contribution in [0.2, 0.25) is 0 Å². The van der Waals surface area contributed by atoms with Gasteiger partial charge in [-0.2, -0.15) is 0 Å². The van der Waals surface area contributed by atoms with Crippen LogP contribution in [0.5, 0.6) is 0 Å². The molecule has 4 aromatic heterocycles. The van der Waals surface area contributed by atoms with E-state index in [4.69, 9.17) is 13.3 Å². The fraction of sp³-hybridized carbons (Fsp3) is 0.111. The second-order valence-corrected chi connectivity index (χ2v) is 34.1. The highest BCUT2D eigenvalue weighted by Crippen LogP contribution is 2.58. The summed E-state index contributed by atoms with van der Waals surface area (Å²) in [6.07, 6.45) is 0. The number of para-hydroxylation sites is 4. The molecule has 16 aromatic carbocycles. The predicted molar refractivity (Wildman–Crippen MR) is 485 cm³/mol. The lowest BCUT2D eigenvalue weighted by molar-refractivity contribution is 0.572. The summed E-state index contributed by atoms with van der Waals surface area (Å²) in [6, 6.07) is 100. The molecule has 0 fully saturated rings. The number of furan rings is 3. The van der Waals surface area contributed by atoms with Crippen molar-refractivity contribution in [3.63, 3.8) is 0 Å². The largest absolute Gasteiger partial charge is 0.456 e. The third kappa shape index (κ3) is 10.7. The van der Waals surface area contributed by atoms with Crippen LogP contribution >= 0.6 is 0 Å². The van der Waals surface area contributed by atoms with Crippen LogP contribution in [0, 0.1) is 0 Å². The van der Waals surface area contributed by atoms with Crippen molar-refractivity contribution in [2.45, 2.75) is 78.6 Å². The highest BCUT2D eigenvalue weighted by Gasteiger charge is 2.47. The minimum atomic E-state index is -0.589. The highest BCUT2D eigenvalue weighted by atomic mass is 16.3. The minimum absolute atomic E-state index is 0.0832. The van der Waals surface area contributed by atoms with Gasteiger partial charge < -0.3 is 27.6 Å². The first-order chi connectivity index (χ1) is 58.9. The van der Waals surface area contributed by atoms with E-state index in [9.17, 15) is 9.60 Å². The Hall–Kier alpha value is -13.6. The third-order valence-electron chi connectivity index (χ3n) is 24.0. The lowest BCUT2D eigenvalue weighted by atomic mass is 9.33. The summed E-state index contributed by atoms with van der Waals surface area (Å²) in [5, 5.41) is 5.95. The summed E-state index contributed by atoms with van der Waals surface area (Å²) < 4.78 is 93.3. The van der Waals surface area contributed by atoms with Gasteiger partial charge in [-0.25, -0.2) is 0 Å². The zero-order valence-electron chi connectivity index (χ0n) is 72.4. The number of benzene rings is 16. The number of aromatic nitrogens is 1. The molecule has 6 heterocycles. The van der Waals surface area contributed by atoms with Gasteiger partial charge in [0, 0.05) is 83.0 Å². The van der Waals surface area contributed by atoms with E-state index in [0.717, 1.165) is 183 Å². The van der Waals surface area contributed by atoms with Crippen molar-refractivity contribution < 1.29 is 22.8 Å². The molecule has 0 amide bonds. The van der Waals surface area contributed by atoms with Crippen molar-refractivity contribution in [1.29, 1.82) is 0 Å². The van der Waals surface area contributed by atoms with Crippen LogP contribution in [-0.4, -0.2) is 11.3 Å². The standard InChI is InChI=1S/C108H82BN3O3/c1-106(2,3)74-60-92-101-93(61-74)112(103-82(71-50-46-69(47-51-71)66-30-15-11-16-31-66)64-85(108(7,8)9)105-100(103)80-37-22-26-42-96(80)115-105)91-62-75(110-88-39-23-19-34-77(88)83-58-72(52-56-89(83)110)67-32-17-12-18-33-67)54-55-86(91)109(101)87-59-73(76-38-27-43-97-98(76)78-35-20-24-40-94(78)113-97)53-57-90(87)111(92)102-81(70-48-44-68(45-49-70)65-28-13-10-14-29-65)63-84(107(4,5)6)104-99(102)79-36-21-25-41-95(79)114-104/h10-64H,1-9H3/i19D,23D,34D,39D,52D,56D,58D. The van der Waals surface area contributed by atoms with E-state index in [-0.39, 0.29) is 57.6 Å². The quantitative estimate of drug-likeness (QED) is 0.135. The maximum Gasteiger partial charge on any atom is 0.252 e. The lowest BCUT2D eigenvalue weighted by Crippen LogP contribution is -2.61. The second kappa shape index (κ2) is 25.4. The maximum atomic E-state index is 10.4. The van der Waals surface area contributed by atoms with Gasteiger partial charge in [-0.3, -0.25) is 0 Å². The number of anilines is 6. The molecule has 0 radical (unpaired) electrons. The molecule has 7 heteroatoms. The second-order valence-electron chi connectivity index (χ2n) is 34.1. The zero-order chi connectivity index (χ0) is 83.6. The monoisotopic (exact) mass is 1490 g/mol. The van der Waals surface area contributed by atoms with E-state index in [1.165, 1.54) is 0 Å². The van der Waals surface area contributed by atoms with Crippen molar-refractivity contribution in [2.75, 3.05) is 9.80 Å². The summed E-state index contributed by atoms with van der Waals surface area (Å²) >= 11 is 0. The van der Waals surface area contributed by atoms with Gasteiger partial charge in [-0.1, -0.05) is 311 Å². The molecule has 115 heavy (non-hydrogen) atoms. The van der Waals surface area contributed by atoms with Gasteiger partial charge in [-0.15, -0.1) is 0 Å². The van der Waals surface area contributed by atoms with Gasteiger partial charge >= 0.3 is 0 Å². The average molecular weight is 1490 g/mol. The molecular weight excluding hydrogens is 1400 g/mol. The van der Waals surface area contributed by atoms with Crippen molar-refractivity contribution in [3.05, 3.63) is 350 Å². The SMILES string of the molecule is [2H]c1c([2H])c([2H])c2c(c1[2H])c1c([2H])c(-c3ccccc3)c([2H])c([2H])c1n2-c1ccc2c(c1)N(c1c(-c3ccc(-c4ccccc4)cc3)cc(C(C)(C)C)c3oc4ccccc4c13)c1cc(C(C)(C)C)cc3c1B2c1cc(-c2cccc4oc5ccccc5c24)ccc1N3c1c(-c2ccc(-c3ccccc3)cc2)cc(C(C)(C)C)c2oc3ccccc3c12. The topological polar surface area (TPSA) is 50.8 Å². The fourth-order valence-corrected chi connectivity index (χ4v) is 18.5. The van der Waals surface area contributed by atoms with Crippen LogP contribution in [-0.2, 0) is 16.2 Å². The van der Waals surface area contributed by atoms with Crippen molar-refractivity contribution >= 4 is 145 Å². The van der Waals surface area contributed by atoms with Crippen molar-refractivity contribution in [1.82, 2.24) is 4.57 Å². The number of hydrogen-bond acceptors (Lipinski definition) is 5. The zero-order valence-corrected chi connectivity index (χ0v) is 65.4. The number of hydrogen-bond donors (Lipinski definition) is 0. The Morgan fingerprint density at radius 1 is 0.304 bits per heavy atom. The Labute approximate surface area is 679 Å². The van der Waals surface area contributed by atoms with Crippen molar-refractivity contribution in [2.24, 2.45) is 0 Å². The summed E-state index contributed by atoms with van der Waals surface area (Å²) in [5.41, 5.74) is 26.0. The van der Waals surface area contributed by atoms with E-state index < -0.39 is 35.0 Å². The summed E-state index contributed by atoms with van der Waals surface area (Å²) in [7, 11) is 0. The van der Waals surface area contributed by atoms with Gasteiger partial charge in [0.2, 0.25) is 0 Å². The average Bonchev–Trinajstić information content (AvgIpc) is 0.997. The molecule has 0 aliphatic carbocycles. The minimum Gasteiger partial charge on any atom is -0.456 e. The van der Waals surface area contributed by atoms with Gasteiger partial charge in [0.1, 0.15) is 33.5 Å². The molecule has 0 saturated carbocycles. The van der Waals surface area contributed by atoms with Gasteiger partial charge in [0.15, 0.2) is 0 Å². The first kappa shape index (κ1) is 61.0. The van der Waals surface area contributed by atoms with E-state index in [0.29, 0.717) is 16.8 Å². The van der Waals surface area contributed by atoms with E-state index in [1.807, 2.05) is 60.7 Å². The Kier molecular flexibility index (Phi) is 13.5. The van der Waals surface area contributed by atoms with Gasteiger partial charge in [-0.05, 0) is 179 Å². The highest BCUT2D eigenvalue weighted by molar-refractivity contribution is 7.00. The smallest absolute Gasteiger partial charge is 0.252 e. The summed E-state index contributed by atoms with van der Waals surface area (Å²) in [5.74, 6) is 0. The molecule has 0 saturated heterocycles. The number of rotatable bonds is 9. The fourth-order valence-electron chi connectivity index (χ4n) is 18.5. The molecule has 2 aliphatic rings. The normalized spacial score (nSPS) is 13.9. The van der Waals surface area contributed by atoms with E-state index >= 15 is 0 Å². The Morgan fingerprint density at radius 3 is 1.31 bits per heavy atom. The maximum absolute atomic E-state index is 10.4. The van der Waals surface area contributed by atoms with Crippen LogP contribution < -0.4 is 26.2 Å². The number of fused-ring (bicyclic) bond motifs is 16. The molecule has 2 aliphatic heterocycles. The molecule has 0 N–H and O–H groups in total. The lowest BCUT2D eigenvalue weighted by Gasteiger charge is -2.46. The molecule has 550 valence electrons. The van der Waals surface area contributed by atoms with Crippen molar-refractivity contribution in [3.8, 4) is 72.4 Å². The molecule has 0 spiro atoms. The first-order valence-electron chi connectivity index (χ1n) is 43.2. The molecule has 20 aromatic rings. The summed E-state index contributed by atoms with van der Waals surface area (Å²) in [4.78, 5) is 5.05. The third-order valence-corrected chi connectivity index (χ3v) is 24.0. The first-order valence-corrected chi connectivity index (χ1v) is 39.7. The van der Waals surface area contributed by atoms with E-state index in [1.54, 1.807) is 4.57 Å². The molecule has 0 unspecified atom stereocenters. The Morgan fingerprint density at radius 2 is 0.765 bits per heavy atom. The Bertz CT molecular complexity index is 7840. The van der Waals surface area contributed by atoms with Crippen LogP contribution in [0.4, 0.5) is 34.1 Å². The molecule has 0 atom stereocenters. The van der Waals surface area contributed by atoms with Crippen LogP contribution in [0.1, 0.15) is 88.6 Å². The number of nitrogens with zero attached hydrogens (tertiary/aromatic N) is 3.